The van der Waals surface area contributed by atoms with Gasteiger partial charge in [-0.3, -0.25) is 4.90 Å². The van der Waals surface area contributed by atoms with Gasteiger partial charge >= 0.3 is 0 Å². The lowest BCUT2D eigenvalue weighted by atomic mass is 9.91. The molecule has 3 unspecified atom stereocenters. The minimum atomic E-state index is 0.648. The molecule has 0 amide bonds. The van der Waals surface area contributed by atoms with Crippen LogP contribution in [0.25, 0.3) is 0 Å². The van der Waals surface area contributed by atoms with Crippen molar-refractivity contribution in [3.05, 3.63) is 0 Å². The Bertz CT molecular complexity index is 211. The molecular weight excluding hydrogens is 224 g/mol. The van der Waals surface area contributed by atoms with Crippen LogP contribution in [-0.2, 0) is 4.74 Å². The van der Waals surface area contributed by atoms with Gasteiger partial charge in [0.1, 0.15) is 0 Å². The van der Waals surface area contributed by atoms with E-state index in [1.807, 2.05) is 0 Å². The number of ether oxygens (including phenoxy) is 1. The van der Waals surface area contributed by atoms with Gasteiger partial charge in [-0.05, 0) is 59.0 Å². The summed E-state index contributed by atoms with van der Waals surface area (Å²) in [6.45, 7) is 14.3. The summed E-state index contributed by atoms with van der Waals surface area (Å²) in [5, 5.41) is 3.56. The molecule has 108 valence electrons. The van der Waals surface area contributed by atoms with Crippen molar-refractivity contribution < 1.29 is 4.74 Å². The summed E-state index contributed by atoms with van der Waals surface area (Å²) in [4.78, 5) is 2.67. The Morgan fingerprint density at radius 2 is 2.17 bits per heavy atom. The summed E-state index contributed by atoms with van der Waals surface area (Å²) in [6, 6.07) is 1.38. The van der Waals surface area contributed by atoms with Gasteiger partial charge in [0, 0.05) is 31.8 Å². The number of piperidine rings is 1. The molecule has 1 fully saturated rings. The lowest BCUT2D eigenvalue weighted by Gasteiger charge is -2.41. The molecule has 18 heavy (non-hydrogen) atoms. The number of likely N-dealkylation sites (tertiary alicyclic amines) is 1. The predicted molar refractivity (Wildman–Crippen MR) is 78.0 cm³/mol. The first-order valence-corrected chi connectivity index (χ1v) is 7.71. The van der Waals surface area contributed by atoms with Gasteiger partial charge in [-0.15, -0.1) is 0 Å². The Balaban J connectivity index is 2.13. The van der Waals surface area contributed by atoms with E-state index < -0.39 is 0 Å². The number of hydrogen-bond acceptors (Lipinski definition) is 3. The Kier molecular flexibility index (Phi) is 7.87. The molecule has 0 aliphatic carbocycles. The van der Waals surface area contributed by atoms with Crippen LogP contribution in [0.5, 0.6) is 0 Å². The zero-order valence-corrected chi connectivity index (χ0v) is 12.7. The van der Waals surface area contributed by atoms with E-state index in [1.54, 1.807) is 0 Å². The third-order valence-corrected chi connectivity index (χ3v) is 4.27. The van der Waals surface area contributed by atoms with Gasteiger partial charge in [-0.1, -0.05) is 6.92 Å². The molecule has 1 heterocycles. The van der Waals surface area contributed by atoms with Crippen molar-refractivity contribution in [1.29, 1.82) is 0 Å². The highest BCUT2D eigenvalue weighted by Crippen LogP contribution is 2.24. The Labute approximate surface area is 113 Å². The minimum absolute atomic E-state index is 0.648. The highest BCUT2D eigenvalue weighted by molar-refractivity contribution is 4.82. The third-order valence-electron chi connectivity index (χ3n) is 4.27. The lowest BCUT2D eigenvalue weighted by Crippen LogP contribution is -2.50. The van der Waals surface area contributed by atoms with Gasteiger partial charge in [0.15, 0.2) is 0 Å². The maximum absolute atomic E-state index is 5.34. The molecule has 3 heteroatoms. The monoisotopic (exact) mass is 256 g/mol. The Morgan fingerprint density at radius 1 is 1.39 bits per heavy atom. The zero-order chi connectivity index (χ0) is 13.4. The van der Waals surface area contributed by atoms with E-state index in [2.05, 4.69) is 37.9 Å². The fraction of sp³-hybridized carbons (Fsp3) is 1.00. The number of hydrogen-bond donors (Lipinski definition) is 1. The summed E-state index contributed by atoms with van der Waals surface area (Å²) in [7, 11) is 0. The zero-order valence-electron chi connectivity index (χ0n) is 12.7. The molecular formula is C15H32N2O. The second kappa shape index (κ2) is 8.89. The Hall–Kier alpha value is -0.120. The summed E-state index contributed by atoms with van der Waals surface area (Å²) in [6.07, 6.45) is 3.87. The molecule has 0 saturated carbocycles. The van der Waals surface area contributed by atoms with Crippen molar-refractivity contribution in [3.63, 3.8) is 0 Å². The summed E-state index contributed by atoms with van der Waals surface area (Å²) in [5.41, 5.74) is 0. The molecule has 3 nitrogen and oxygen atoms in total. The Morgan fingerprint density at radius 3 is 2.89 bits per heavy atom. The van der Waals surface area contributed by atoms with Crippen molar-refractivity contribution in [1.82, 2.24) is 10.2 Å². The van der Waals surface area contributed by atoms with Crippen LogP contribution in [0.1, 0.15) is 47.0 Å². The molecule has 0 aromatic carbocycles. The van der Waals surface area contributed by atoms with E-state index in [0.717, 1.165) is 44.7 Å². The van der Waals surface area contributed by atoms with E-state index in [9.17, 15) is 0 Å². The van der Waals surface area contributed by atoms with Gasteiger partial charge in [-0.2, -0.15) is 0 Å². The van der Waals surface area contributed by atoms with Gasteiger partial charge in [0.25, 0.3) is 0 Å². The van der Waals surface area contributed by atoms with Crippen LogP contribution >= 0.6 is 0 Å². The van der Waals surface area contributed by atoms with E-state index in [-0.39, 0.29) is 0 Å². The molecule has 0 aromatic heterocycles. The topological polar surface area (TPSA) is 24.5 Å². The highest BCUT2D eigenvalue weighted by atomic mass is 16.5. The number of rotatable bonds is 8. The molecule has 1 aliphatic heterocycles. The molecule has 0 radical (unpaired) electrons. The standard InChI is InChI=1S/C15H32N2O/c1-5-18-11-7-9-16-12-14(3)17-10-6-8-13(2)15(17)4/h13-16H,5-12H2,1-4H3. The highest BCUT2D eigenvalue weighted by Gasteiger charge is 2.27. The smallest absolute Gasteiger partial charge is 0.0477 e. The summed E-state index contributed by atoms with van der Waals surface area (Å²) < 4.78 is 5.34. The van der Waals surface area contributed by atoms with Gasteiger partial charge in [-0.25, -0.2) is 0 Å². The molecule has 1 rings (SSSR count). The van der Waals surface area contributed by atoms with Crippen LogP contribution in [0.15, 0.2) is 0 Å². The van der Waals surface area contributed by atoms with Crippen molar-refractivity contribution in [2.75, 3.05) is 32.8 Å². The quantitative estimate of drug-likeness (QED) is 0.675. The normalized spacial score (nSPS) is 27.3. The first-order valence-electron chi connectivity index (χ1n) is 7.71. The van der Waals surface area contributed by atoms with Crippen LogP contribution in [0, 0.1) is 5.92 Å². The van der Waals surface area contributed by atoms with E-state index in [4.69, 9.17) is 4.74 Å². The van der Waals surface area contributed by atoms with Crippen LogP contribution in [0.2, 0.25) is 0 Å². The van der Waals surface area contributed by atoms with Crippen LogP contribution in [0.3, 0.4) is 0 Å². The molecule has 3 atom stereocenters. The second-order valence-corrected chi connectivity index (χ2v) is 5.70. The lowest BCUT2D eigenvalue weighted by molar-refractivity contribution is 0.0747. The van der Waals surface area contributed by atoms with Gasteiger partial charge in [0.05, 0.1) is 0 Å². The molecule has 0 spiro atoms. The molecule has 1 aliphatic rings. The molecule has 0 aromatic rings. The average Bonchev–Trinajstić information content (AvgIpc) is 2.36. The summed E-state index contributed by atoms with van der Waals surface area (Å²) in [5.74, 6) is 0.846. The molecule has 1 saturated heterocycles. The maximum atomic E-state index is 5.34. The first kappa shape index (κ1) is 15.9. The second-order valence-electron chi connectivity index (χ2n) is 5.70. The fourth-order valence-corrected chi connectivity index (χ4v) is 2.86. The van der Waals surface area contributed by atoms with Crippen LogP contribution in [0.4, 0.5) is 0 Å². The van der Waals surface area contributed by atoms with Gasteiger partial charge in [0.2, 0.25) is 0 Å². The number of nitrogens with one attached hydrogen (secondary N) is 1. The SMILES string of the molecule is CCOCCCNCC(C)N1CCCC(C)C1C. The number of nitrogens with zero attached hydrogens (tertiary/aromatic N) is 1. The fourth-order valence-electron chi connectivity index (χ4n) is 2.86. The predicted octanol–water partition coefficient (Wildman–Crippen LogP) is 2.51. The van der Waals surface area contributed by atoms with Crippen molar-refractivity contribution in [3.8, 4) is 0 Å². The van der Waals surface area contributed by atoms with E-state index >= 15 is 0 Å². The third kappa shape index (κ3) is 5.25. The van der Waals surface area contributed by atoms with E-state index in [1.165, 1.54) is 19.4 Å². The van der Waals surface area contributed by atoms with Crippen molar-refractivity contribution in [2.45, 2.75) is 59.0 Å². The van der Waals surface area contributed by atoms with Crippen molar-refractivity contribution >= 4 is 0 Å². The largest absolute Gasteiger partial charge is 0.382 e. The van der Waals surface area contributed by atoms with Crippen molar-refractivity contribution in [2.24, 2.45) is 5.92 Å². The van der Waals surface area contributed by atoms with Crippen LogP contribution < -0.4 is 5.32 Å². The first-order chi connectivity index (χ1) is 8.66. The van der Waals surface area contributed by atoms with E-state index in [0.29, 0.717) is 6.04 Å². The minimum Gasteiger partial charge on any atom is -0.382 e. The molecule has 0 bridgehead atoms. The van der Waals surface area contributed by atoms with Gasteiger partial charge < -0.3 is 10.1 Å². The maximum Gasteiger partial charge on any atom is 0.0477 e. The summed E-state index contributed by atoms with van der Waals surface area (Å²) >= 11 is 0. The average molecular weight is 256 g/mol. The molecule has 1 N–H and O–H groups in total. The van der Waals surface area contributed by atoms with Crippen LogP contribution in [-0.4, -0.2) is 49.8 Å².